The standard InChI is InChI=1S/C13H10ClFN2O3S/c14-9-5-8-2-4-20-13(8)12(6-9)21(18,19)17-11-1-3-16-7-10(11)15/h1,3,5-7H,2,4H2,(H,16,17). The maximum Gasteiger partial charge on any atom is 0.265 e. The van der Waals surface area contributed by atoms with Gasteiger partial charge in [-0.3, -0.25) is 9.71 Å². The summed E-state index contributed by atoms with van der Waals surface area (Å²) < 4.78 is 45.9. The molecule has 1 aliphatic rings. The van der Waals surface area contributed by atoms with Crippen LogP contribution in [0.4, 0.5) is 10.1 Å². The van der Waals surface area contributed by atoms with Gasteiger partial charge in [0.25, 0.3) is 10.0 Å². The maximum absolute atomic E-state index is 13.5. The zero-order valence-electron chi connectivity index (χ0n) is 10.6. The van der Waals surface area contributed by atoms with Crippen molar-refractivity contribution in [3.63, 3.8) is 0 Å². The highest BCUT2D eigenvalue weighted by atomic mass is 35.5. The van der Waals surface area contributed by atoms with Gasteiger partial charge in [0.2, 0.25) is 0 Å². The van der Waals surface area contributed by atoms with Crippen LogP contribution in [0, 0.1) is 5.82 Å². The molecule has 0 amide bonds. The second kappa shape index (κ2) is 5.16. The fourth-order valence-corrected chi connectivity index (χ4v) is 3.68. The summed E-state index contributed by atoms with van der Waals surface area (Å²) in [6.45, 7) is 0.391. The molecule has 1 aromatic heterocycles. The molecule has 2 heterocycles. The molecular formula is C13H10ClFN2O3S. The summed E-state index contributed by atoms with van der Waals surface area (Å²) in [6, 6.07) is 4.18. The Morgan fingerprint density at radius 3 is 2.95 bits per heavy atom. The molecule has 0 radical (unpaired) electrons. The molecule has 0 spiro atoms. The largest absolute Gasteiger partial charge is 0.492 e. The monoisotopic (exact) mass is 328 g/mol. The SMILES string of the molecule is O=S(=O)(Nc1ccncc1F)c1cc(Cl)cc2c1OCC2. The Bertz CT molecular complexity index is 811. The number of nitrogens with one attached hydrogen (secondary N) is 1. The Morgan fingerprint density at radius 2 is 2.19 bits per heavy atom. The molecule has 1 aliphatic heterocycles. The fraction of sp³-hybridized carbons (Fsp3) is 0.154. The van der Waals surface area contributed by atoms with Crippen molar-refractivity contribution in [3.8, 4) is 5.75 Å². The first kappa shape index (κ1) is 14.1. The van der Waals surface area contributed by atoms with Crippen LogP contribution < -0.4 is 9.46 Å². The van der Waals surface area contributed by atoms with E-state index in [2.05, 4.69) is 9.71 Å². The number of pyridine rings is 1. The minimum atomic E-state index is -4.01. The molecule has 21 heavy (non-hydrogen) atoms. The molecule has 8 heteroatoms. The first-order valence-electron chi connectivity index (χ1n) is 6.05. The zero-order valence-corrected chi connectivity index (χ0v) is 12.2. The number of fused-ring (bicyclic) bond motifs is 1. The molecular weight excluding hydrogens is 319 g/mol. The number of hydrogen-bond donors (Lipinski definition) is 1. The second-order valence-corrected chi connectivity index (χ2v) is 6.54. The Labute approximate surface area is 125 Å². The van der Waals surface area contributed by atoms with Gasteiger partial charge < -0.3 is 4.74 Å². The van der Waals surface area contributed by atoms with Crippen LogP contribution >= 0.6 is 11.6 Å². The topological polar surface area (TPSA) is 68.3 Å². The van der Waals surface area contributed by atoms with Crippen molar-refractivity contribution in [2.45, 2.75) is 11.3 Å². The number of anilines is 1. The Morgan fingerprint density at radius 1 is 1.38 bits per heavy atom. The van der Waals surface area contributed by atoms with Gasteiger partial charge in [0.05, 0.1) is 18.5 Å². The second-order valence-electron chi connectivity index (χ2n) is 4.45. The van der Waals surface area contributed by atoms with E-state index in [1.165, 1.54) is 18.3 Å². The third-order valence-corrected chi connectivity index (χ3v) is 4.61. The quantitative estimate of drug-likeness (QED) is 0.940. The maximum atomic E-state index is 13.5. The number of nitrogens with zero attached hydrogens (tertiary/aromatic N) is 1. The summed E-state index contributed by atoms with van der Waals surface area (Å²) in [7, 11) is -4.01. The average Bonchev–Trinajstić information content (AvgIpc) is 2.88. The number of aromatic nitrogens is 1. The van der Waals surface area contributed by atoms with Crippen molar-refractivity contribution in [1.29, 1.82) is 0 Å². The van der Waals surface area contributed by atoms with E-state index in [-0.39, 0.29) is 21.4 Å². The molecule has 0 saturated heterocycles. The van der Waals surface area contributed by atoms with E-state index in [1.54, 1.807) is 6.07 Å². The van der Waals surface area contributed by atoms with Gasteiger partial charge in [-0.25, -0.2) is 12.8 Å². The predicted molar refractivity (Wildman–Crippen MR) is 75.7 cm³/mol. The summed E-state index contributed by atoms with van der Waals surface area (Å²) in [5.41, 5.74) is 0.537. The average molecular weight is 329 g/mol. The molecule has 3 rings (SSSR count). The highest BCUT2D eigenvalue weighted by Crippen LogP contribution is 2.36. The third-order valence-electron chi connectivity index (χ3n) is 3.02. The summed E-state index contributed by atoms with van der Waals surface area (Å²) in [5.74, 6) is -0.498. The number of benzene rings is 1. The first-order valence-corrected chi connectivity index (χ1v) is 7.91. The van der Waals surface area contributed by atoms with E-state index in [0.29, 0.717) is 13.0 Å². The predicted octanol–water partition coefficient (Wildman–Crippen LogP) is 2.61. The van der Waals surface area contributed by atoms with Gasteiger partial charge in [-0.05, 0) is 18.2 Å². The van der Waals surface area contributed by atoms with Crippen LogP contribution in [-0.4, -0.2) is 20.0 Å². The first-order chi connectivity index (χ1) is 9.97. The Kier molecular flexibility index (Phi) is 3.46. The molecule has 0 bridgehead atoms. The van der Waals surface area contributed by atoms with E-state index in [9.17, 15) is 12.8 Å². The summed E-state index contributed by atoms with van der Waals surface area (Å²) in [4.78, 5) is 3.47. The molecule has 110 valence electrons. The van der Waals surface area contributed by atoms with Gasteiger partial charge in [0.1, 0.15) is 10.6 Å². The molecule has 5 nitrogen and oxygen atoms in total. The third kappa shape index (κ3) is 2.66. The van der Waals surface area contributed by atoms with Crippen LogP contribution in [0.3, 0.4) is 0 Å². The van der Waals surface area contributed by atoms with Crippen molar-refractivity contribution in [3.05, 3.63) is 47.0 Å². The smallest absolute Gasteiger partial charge is 0.265 e. The van der Waals surface area contributed by atoms with Gasteiger partial charge in [-0.2, -0.15) is 0 Å². The van der Waals surface area contributed by atoms with Crippen LogP contribution in [0.25, 0.3) is 0 Å². The van der Waals surface area contributed by atoms with Gasteiger partial charge in [0, 0.05) is 23.2 Å². The molecule has 0 unspecified atom stereocenters. The molecule has 0 aliphatic carbocycles. The highest BCUT2D eigenvalue weighted by Gasteiger charge is 2.27. The van der Waals surface area contributed by atoms with Crippen LogP contribution in [-0.2, 0) is 16.4 Å². The van der Waals surface area contributed by atoms with E-state index in [1.807, 2.05) is 0 Å². The summed E-state index contributed by atoms with van der Waals surface area (Å²) in [5, 5.41) is 0.287. The molecule has 0 fully saturated rings. The van der Waals surface area contributed by atoms with Crippen molar-refractivity contribution < 1.29 is 17.5 Å². The van der Waals surface area contributed by atoms with Gasteiger partial charge in [-0.15, -0.1) is 0 Å². The minimum Gasteiger partial charge on any atom is -0.492 e. The van der Waals surface area contributed by atoms with Gasteiger partial charge in [-0.1, -0.05) is 11.6 Å². The van der Waals surface area contributed by atoms with Crippen LogP contribution in [0.2, 0.25) is 5.02 Å². The number of hydrogen-bond acceptors (Lipinski definition) is 4. The molecule has 2 aromatic rings. The normalized spacial score (nSPS) is 13.6. The number of rotatable bonds is 3. The van der Waals surface area contributed by atoms with E-state index in [0.717, 1.165) is 11.8 Å². The number of ether oxygens (including phenoxy) is 1. The van der Waals surface area contributed by atoms with Crippen molar-refractivity contribution in [2.75, 3.05) is 11.3 Å². The van der Waals surface area contributed by atoms with Crippen molar-refractivity contribution >= 4 is 27.3 Å². The molecule has 0 saturated carbocycles. The lowest BCUT2D eigenvalue weighted by atomic mass is 10.2. The lowest BCUT2D eigenvalue weighted by Crippen LogP contribution is -2.15. The van der Waals surface area contributed by atoms with Gasteiger partial charge in [0.15, 0.2) is 5.82 Å². The van der Waals surface area contributed by atoms with E-state index in [4.69, 9.17) is 16.3 Å². The fourth-order valence-electron chi connectivity index (χ4n) is 2.09. The van der Waals surface area contributed by atoms with Crippen LogP contribution in [0.1, 0.15) is 5.56 Å². The van der Waals surface area contributed by atoms with Crippen molar-refractivity contribution in [1.82, 2.24) is 4.98 Å². The Hall–Kier alpha value is -1.86. The molecule has 1 aromatic carbocycles. The van der Waals surface area contributed by atoms with Crippen LogP contribution in [0.5, 0.6) is 5.75 Å². The lowest BCUT2D eigenvalue weighted by molar-refractivity contribution is 0.348. The van der Waals surface area contributed by atoms with Crippen molar-refractivity contribution in [2.24, 2.45) is 0 Å². The highest BCUT2D eigenvalue weighted by molar-refractivity contribution is 7.92. The number of halogens is 2. The molecule has 0 atom stereocenters. The van der Waals surface area contributed by atoms with Gasteiger partial charge >= 0.3 is 0 Å². The van der Waals surface area contributed by atoms with Crippen LogP contribution in [0.15, 0.2) is 35.5 Å². The van der Waals surface area contributed by atoms with E-state index >= 15 is 0 Å². The summed E-state index contributed by atoms with van der Waals surface area (Å²) in [6.07, 6.45) is 2.80. The molecule has 1 N–H and O–H groups in total. The number of sulfonamides is 1. The summed E-state index contributed by atoms with van der Waals surface area (Å²) >= 11 is 5.94. The minimum absolute atomic E-state index is 0.0984. The lowest BCUT2D eigenvalue weighted by Gasteiger charge is -2.12. The zero-order chi connectivity index (χ0) is 15.0. The van der Waals surface area contributed by atoms with E-state index < -0.39 is 15.8 Å². The Balaban J connectivity index is 2.06.